The number of carbonyl (C=O) groups is 2. The van der Waals surface area contributed by atoms with Crippen LogP contribution in [0.1, 0.15) is 52.4 Å². The van der Waals surface area contributed by atoms with Gasteiger partial charge in [-0.1, -0.05) is 50.2 Å². The molecule has 0 radical (unpaired) electrons. The highest BCUT2D eigenvalue weighted by molar-refractivity contribution is 5.91. The average Bonchev–Trinajstić information content (AvgIpc) is 3.26. The number of benzene rings is 2. The third-order valence-corrected chi connectivity index (χ3v) is 10.2. The molecule has 5 nitrogen and oxygen atoms in total. The topological polar surface area (TPSA) is 61.4 Å². The van der Waals surface area contributed by atoms with E-state index in [-0.39, 0.29) is 28.4 Å². The van der Waals surface area contributed by atoms with E-state index in [2.05, 4.69) is 24.6 Å². The first-order valence-electron chi connectivity index (χ1n) is 13.6. The predicted molar refractivity (Wildman–Crippen MR) is 142 cm³/mol. The monoisotopic (exact) mass is 483 g/mol. The van der Waals surface area contributed by atoms with Crippen molar-refractivity contribution in [3.05, 3.63) is 72.4 Å². The van der Waals surface area contributed by atoms with E-state index in [4.69, 9.17) is 0 Å². The zero-order valence-corrected chi connectivity index (χ0v) is 21.4. The molecule has 6 rings (SSSR count). The molecule has 3 unspecified atom stereocenters. The van der Waals surface area contributed by atoms with Gasteiger partial charge in [-0.25, -0.2) is 0 Å². The first-order chi connectivity index (χ1) is 17.4. The molecule has 1 heterocycles. The minimum absolute atomic E-state index is 0.00365. The van der Waals surface area contributed by atoms with Gasteiger partial charge in [0, 0.05) is 36.1 Å². The molecule has 4 aliphatic rings. The van der Waals surface area contributed by atoms with Crippen LogP contribution in [0.2, 0.25) is 0 Å². The maximum atomic E-state index is 13.9. The number of piperidine rings is 1. The summed E-state index contributed by atoms with van der Waals surface area (Å²) in [4.78, 5) is 26.0. The number of hydrazine groups is 1. The molecule has 2 N–H and O–H groups in total. The maximum Gasteiger partial charge on any atom is 0.242 e. The quantitative estimate of drug-likeness (QED) is 0.542. The van der Waals surface area contributed by atoms with Gasteiger partial charge in [-0.05, 0) is 79.5 Å². The number of rotatable bonds is 4. The van der Waals surface area contributed by atoms with Crippen LogP contribution in [0.4, 0.5) is 11.4 Å². The largest absolute Gasteiger partial charge is 0.387 e. The highest BCUT2D eigenvalue weighted by atomic mass is 16.2. The van der Waals surface area contributed by atoms with Gasteiger partial charge in [-0.2, -0.15) is 0 Å². The molecule has 2 aromatic carbocycles. The number of amides is 1. The summed E-state index contributed by atoms with van der Waals surface area (Å²) in [7, 11) is 0. The first kappa shape index (κ1) is 23.3. The normalized spacial score (nSPS) is 34.9. The smallest absolute Gasteiger partial charge is 0.242 e. The Bertz CT molecular complexity index is 1140. The van der Waals surface area contributed by atoms with Crippen molar-refractivity contribution in [2.75, 3.05) is 11.6 Å². The van der Waals surface area contributed by atoms with E-state index < -0.39 is 0 Å². The molecular weight excluding hydrogens is 446 g/mol. The Kier molecular flexibility index (Phi) is 5.70. The van der Waals surface area contributed by atoms with Crippen LogP contribution in [-0.4, -0.2) is 18.2 Å². The van der Waals surface area contributed by atoms with Crippen molar-refractivity contribution in [2.45, 2.75) is 52.4 Å². The fourth-order valence-corrected chi connectivity index (χ4v) is 8.20. The third kappa shape index (κ3) is 3.66. The minimum atomic E-state index is -0.00591. The van der Waals surface area contributed by atoms with Gasteiger partial charge in [0.2, 0.25) is 5.91 Å². The molecule has 188 valence electrons. The van der Waals surface area contributed by atoms with Crippen molar-refractivity contribution in [1.82, 2.24) is 10.7 Å². The van der Waals surface area contributed by atoms with Gasteiger partial charge in [0.05, 0.1) is 11.4 Å². The van der Waals surface area contributed by atoms with Gasteiger partial charge in [-0.15, -0.1) is 0 Å². The number of carbonyl (C=O) groups excluding carboxylic acids is 2. The second kappa shape index (κ2) is 8.79. The van der Waals surface area contributed by atoms with Crippen molar-refractivity contribution in [3.8, 4) is 0 Å². The number of hydrogen-bond donors (Lipinski definition) is 2. The lowest BCUT2D eigenvalue weighted by atomic mass is 9.50. The summed E-state index contributed by atoms with van der Waals surface area (Å²) < 4.78 is 0. The molecule has 2 aromatic rings. The molecule has 36 heavy (non-hydrogen) atoms. The highest BCUT2D eigenvalue weighted by Gasteiger charge is 2.60. The number of fused-ring (bicyclic) bond motifs is 5. The van der Waals surface area contributed by atoms with E-state index in [0.29, 0.717) is 24.2 Å². The fraction of sp³-hybridized carbons (Fsp3) is 0.484. The lowest BCUT2D eigenvalue weighted by Gasteiger charge is -2.58. The summed E-state index contributed by atoms with van der Waals surface area (Å²) in [5, 5.41) is 5.61. The lowest BCUT2D eigenvalue weighted by molar-refractivity contribution is -0.132. The van der Waals surface area contributed by atoms with Crippen molar-refractivity contribution in [2.24, 2.45) is 34.5 Å². The van der Waals surface area contributed by atoms with Crippen molar-refractivity contribution in [1.29, 1.82) is 0 Å². The standard InChI is InChI=1S/C31H37N3O2/c1-30-18-16-26-24(20-32-28-19-23(35)15-17-31(26,28)2)25(30)13-14-27(30)29(36)33-34(21-9-5-3-6-10-21)22-11-7-4-8-12-22/h3-12,19,24-27,32H,13-18,20H2,1-2H3,(H,33,36)/t24?,25?,26?,27-,30+,31-/m1/s1. The zero-order chi connectivity index (χ0) is 24.9. The highest BCUT2D eigenvalue weighted by Crippen LogP contribution is 2.64. The van der Waals surface area contributed by atoms with E-state index in [1.165, 1.54) is 0 Å². The third-order valence-electron chi connectivity index (χ3n) is 10.2. The Hall–Kier alpha value is -3.08. The molecule has 2 saturated carbocycles. The van der Waals surface area contributed by atoms with E-state index in [0.717, 1.165) is 55.7 Å². The van der Waals surface area contributed by atoms with Crippen molar-refractivity contribution in [3.63, 3.8) is 0 Å². The Balaban J connectivity index is 1.24. The second-order valence-electron chi connectivity index (χ2n) is 11.9. The predicted octanol–water partition coefficient (Wildman–Crippen LogP) is 5.77. The second-order valence-corrected chi connectivity index (χ2v) is 11.9. The molecule has 6 atom stereocenters. The Morgan fingerprint density at radius 2 is 1.58 bits per heavy atom. The van der Waals surface area contributed by atoms with Crippen LogP contribution in [0.15, 0.2) is 72.4 Å². The van der Waals surface area contributed by atoms with Gasteiger partial charge in [0.1, 0.15) is 0 Å². The number of nitrogens with one attached hydrogen (secondary N) is 2. The van der Waals surface area contributed by atoms with E-state index in [1.807, 2.05) is 71.7 Å². The van der Waals surface area contributed by atoms with Crippen LogP contribution in [0.25, 0.3) is 0 Å². The zero-order valence-electron chi connectivity index (χ0n) is 21.4. The van der Waals surface area contributed by atoms with E-state index in [9.17, 15) is 9.59 Å². The lowest BCUT2D eigenvalue weighted by Crippen LogP contribution is -2.57. The molecule has 0 aromatic heterocycles. The molecule has 1 saturated heterocycles. The van der Waals surface area contributed by atoms with Crippen LogP contribution in [-0.2, 0) is 9.59 Å². The summed E-state index contributed by atoms with van der Waals surface area (Å²) in [6, 6.07) is 20.1. The first-order valence-corrected chi connectivity index (χ1v) is 13.6. The Morgan fingerprint density at radius 3 is 2.25 bits per heavy atom. The van der Waals surface area contributed by atoms with Gasteiger partial charge in [0.15, 0.2) is 5.78 Å². The molecule has 0 bridgehead atoms. The molecule has 5 heteroatoms. The maximum absolute atomic E-state index is 13.9. The summed E-state index contributed by atoms with van der Waals surface area (Å²) in [6.07, 6.45) is 7.72. The van der Waals surface area contributed by atoms with Crippen LogP contribution in [0.5, 0.6) is 0 Å². The van der Waals surface area contributed by atoms with Gasteiger partial charge >= 0.3 is 0 Å². The van der Waals surface area contributed by atoms with Crippen LogP contribution in [0, 0.1) is 34.5 Å². The van der Waals surface area contributed by atoms with Crippen LogP contribution >= 0.6 is 0 Å². The average molecular weight is 484 g/mol. The summed E-state index contributed by atoms with van der Waals surface area (Å²) in [6.45, 7) is 5.67. The van der Waals surface area contributed by atoms with E-state index >= 15 is 0 Å². The molecule has 3 aliphatic carbocycles. The number of hydrogen-bond acceptors (Lipinski definition) is 4. The van der Waals surface area contributed by atoms with Gasteiger partial charge in [-0.3, -0.25) is 20.0 Å². The van der Waals surface area contributed by atoms with Gasteiger partial charge in [0.25, 0.3) is 0 Å². The summed E-state index contributed by atoms with van der Waals surface area (Å²) in [5.41, 5.74) is 6.44. The number of allylic oxidation sites excluding steroid dienone is 2. The number of para-hydroxylation sites is 2. The molecule has 3 fully saturated rings. The number of nitrogens with zero attached hydrogens (tertiary/aromatic N) is 1. The van der Waals surface area contributed by atoms with E-state index in [1.54, 1.807) is 0 Å². The summed E-state index contributed by atoms with van der Waals surface area (Å²) in [5.74, 6) is 2.05. The number of ketones is 1. The number of anilines is 2. The summed E-state index contributed by atoms with van der Waals surface area (Å²) >= 11 is 0. The van der Waals surface area contributed by atoms with Crippen LogP contribution in [0.3, 0.4) is 0 Å². The Morgan fingerprint density at radius 1 is 0.917 bits per heavy atom. The minimum Gasteiger partial charge on any atom is -0.387 e. The Labute approximate surface area is 214 Å². The van der Waals surface area contributed by atoms with Crippen LogP contribution < -0.4 is 15.8 Å². The molecular formula is C31H37N3O2. The molecule has 0 spiro atoms. The SMILES string of the molecule is C[C@]12CCC(=O)C=C1NCC1C2CC[C@@]2(C)C1CC[C@@H]2C(=O)NN(c1ccccc1)c1ccccc1. The van der Waals surface area contributed by atoms with Gasteiger partial charge < -0.3 is 5.32 Å². The molecule has 1 aliphatic heterocycles. The van der Waals surface area contributed by atoms with Crippen molar-refractivity contribution < 1.29 is 9.59 Å². The fourth-order valence-electron chi connectivity index (χ4n) is 8.20. The molecule has 1 amide bonds. The van der Waals surface area contributed by atoms with Crippen molar-refractivity contribution >= 4 is 23.1 Å².